The van der Waals surface area contributed by atoms with Gasteiger partial charge in [-0.1, -0.05) is 6.07 Å². The zero-order valence-electron chi connectivity index (χ0n) is 13.4. The van der Waals surface area contributed by atoms with Crippen LogP contribution >= 0.6 is 11.8 Å². The van der Waals surface area contributed by atoms with Crippen molar-refractivity contribution < 1.29 is 27.6 Å². The number of nitro benzene ring substituents is 1. The molecule has 0 aromatic heterocycles. The van der Waals surface area contributed by atoms with E-state index in [0.717, 1.165) is 30.0 Å². The molecule has 1 amide bonds. The normalized spacial score (nSPS) is 11.1. The second-order valence-corrected chi connectivity index (χ2v) is 6.05. The van der Waals surface area contributed by atoms with Crippen LogP contribution in [-0.2, 0) is 11.0 Å². The Morgan fingerprint density at radius 1 is 1.27 bits per heavy atom. The average Bonchev–Trinajstić information content (AvgIpc) is 2.59. The second kappa shape index (κ2) is 8.09. The second-order valence-electron chi connectivity index (χ2n) is 5.00. The number of benzene rings is 2. The van der Waals surface area contributed by atoms with Gasteiger partial charge in [0.05, 0.1) is 29.4 Å². The summed E-state index contributed by atoms with van der Waals surface area (Å²) in [4.78, 5) is 22.7. The Kier molecular flexibility index (Phi) is 6.09. The Labute approximate surface area is 150 Å². The van der Waals surface area contributed by atoms with Crippen LogP contribution in [0, 0.1) is 10.1 Å². The van der Waals surface area contributed by atoms with Gasteiger partial charge in [-0.15, -0.1) is 11.8 Å². The van der Waals surface area contributed by atoms with E-state index < -0.39 is 22.6 Å². The van der Waals surface area contributed by atoms with Gasteiger partial charge in [-0.2, -0.15) is 13.2 Å². The smallest absolute Gasteiger partial charge is 0.416 e. The van der Waals surface area contributed by atoms with Crippen LogP contribution in [-0.4, -0.2) is 23.7 Å². The number of amides is 1. The molecule has 0 aliphatic carbocycles. The monoisotopic (exact) mass is 386 g/mol. The van der Waals surface area contributed by atoms with Crippen LogP contribution in [0.4, 0.5) is 24.5 Å². The third-order valence-electron chi connectivity index (χ3n) is 3.21. The lowest BCUT2D eigenvalue weighted by molar-refractivity contribution is -0.384. The molecule has 0 unspecified atom stereocenters. The van der Waals surface area contributed by atoms with Gasteiger partial charge in [-0.05, 0) is 30.3 Å². The van der Waals surface area contributed by atoms with Crippen LogP contribution in [0.15, 0.2) is 47.4 Å². The van der Waals surface area contributed by atoms with Crippen molar-refractivity contribution >= 4 is 29.0 Å². The first-order chi connectivity index (χ1) is 12.2. The van der Waals surface area contributed by atoms with Crippen LogP contribution < -0.4 is 10.1 Å². The van der Waals surface area contributed by atoms with E-state index in [4.69, 9.17) is 4.74 Å². The quantitative estimate of drug-likeness (QED) is 0.453. The molecule has 0 radical (unpaired) electrons. The van der Waals surface area contributed by atoms with Crippen molar-refractivity contribution in [2.45, 2.75) is 11.1 Å². The number of nitro groups is 1. The summed E-state index contributed by atoms with van der Waals surface area (Å²) in [5.41, 5.74) is -1.18. The highest BCUT2D eigenvalue weighted by molar-refractivity contribution is 8.00. The third kappa shape index (κ3) is 5.12. The topological polar surface area (TPSA) is 81.5 Å². The van der Waals surface area contributed by atoms with E-state index in [1.165, 1.54) is 31.4 Å². The van der Waals surface area contributed by atoms with Crippen molar-refractivity contribution in [3.8, 4) is 5.75 Å². The van der Waals surface area contributed by atoms with Gasteiger partial charge in [0.25, 0.3) is 5.69 Å². The molecule has 0 bridgehead atoms. The van der Waals surface area contributed by atoms with E-state index in [9.17, 15) is 28.1 Å². The molecule has 10 heteroatoms. The van der Waals surface area contributed by atoms with Crippen molar-refractivity contribution in [2.75, 3.05) is 18.2 Å². The maximum Gasteiger partial charge on any atom is 0.416 e. The van der Waals surface area contributed by atoms with Crippen molar-refractivity contribution in [2.24, 2.45) is 0 Å². The number of methoxy groups -OCH3 is 1. The molecule has 0 heterocycles. The first-order valence-corrected chi connectivity index (χ1v) is 8.11. The number of carbonyl (C=O) groups is 1. The number of alkyl halides is 3. The zero-order chi connectivity index (χ0) is 19.3. The fourth-order valence-electron chi connectivity index (χ4n) is 1.99. The molecule has 138 valence electrons. The highest BCUT2D eigenvalue weighted by Crippen LogP contribution is 2.32. The molecule has 0 saturated heterocycles. The van der Waals surface area contributed by atoms with E-state index in [0.29, 0.717) is 0 Å². The van der Waals surface area contributed by atoms with Gasteiger partial charge >= 0.3 is 6.18 Å². The maximum atomic E-state index is 12.7. The van der Waals surface area contributed by atoms with Gasteiger partial charge in [0.1, 0.15) is 11.4 Å². The number of ether oxygens (including phenoxy) is 1. The predicted octanol–water partition coefficient (Wildman–Crippen LogP) is 4.35. The van der Waals surface area contributed by atoms with Crippen LogP contribution in [0.25, 0.3) is 0 Å². The predicted molar refractivity (Wildman–Crippen MR) is 90.4 cm³/mol. The minimum atomic E-state index is -4.47. The van der Waals surface area contributed by atoms with Crippen LogP contribution in [0.5, 0.6) is 5.75 Å². The number of hydrogen-bond acceptors (Lipinski definition) is 5. The molecular formula is C16H13F3N2O4S. The highest BCUT2D eigenvalue weighted by Gasteiger charge is 2.30. The van der Waals surface area contributed by atoms with E-state index in [1.807, 2.05) is 0 Å². The molecule has 0 saturated carbocycles. The molecule has 1 N–H and O–H groups in total. The largest absolute Gasteiger partial charge is 0.496 e. The molecule has 26 heavy (non-hydrogen) atoms. The molecule has 0 spiro atoms. The molecule has 2 aromatic rings. The summed E-state index contributed by atoms with van der Waals surface area (Å²) < 4.78 is 42.9. The number of hydrogen-bond donors (Lipinski definition) is 1. The van der Waals surface area contributed by atoms with E-state index in [2.05, 4.69) is 5.32 Å². The SMILES string of the molecule is COc1ccc(NC(=O)CSc2cccc(C(F)(F)F)c2)c([N+](=O)[O-])c1. The summed E-state index contributed by atoms with van der Waals surface area (Å²) in [7, 11) is 1.35. The van der Waals surface area contributed by atoms with Gasteiger partial charge < -0.3 is 10.1 Å². The van der Waals surface area contributed by atoms with E-state index >= 15 is 0 Å². The molecular weight excluding hydrogens is 373 g/mol. The lowest BCUT2D eigenvalue weighted by Crippen LogP contribution is -2.15. The van der Waals surface area contributed by atoms with Crippen molar-refractivity contribution in [3.63, 3.8) is 0 Å². The molecule has 6 nitrogen and oxygen atoms in total. The minimum Gasteiger partial charge on any atom is -0.496 e. The summed E-state index contributed by atoms with van der Waals surface area (Å²) in [5, 5.41) is 13.4. The number of thioether (sulfide) groups is 1. The number of rotatable bonds is 6. The van der Waals surface area contributed by atoms with Crippen molar-refractivity contribution in [1.82, 2.24) is 0 Å². The number of nitrogens with zero attached hydrogens (tertiary/aromatic N) is 1. The van der Waals surface area contributed by atoms with Crippen LogP contribution in [0.3, 0.4) is 0 Å². The highest BCUT2D eigenvalue weighted by atomic mass is 32.2. The number of anilines is 1. The Balaban J connectivity index is 2.05. The molecule has 0 aliphatic rings. The number of nitrogens with one attached hydrogen (secondary N) is 1. The van der Waals surface area contributed by atoms with Gasteiger partial charge in [0.2, 0.25) is 5.91 Å². The zero-order valence-corrected chi connectivity index (χ0v) is 14.2. The summed E-state index contributed by atoms with van der Waals surface area (Å²) >= 11 is 0.893. The molecule has 0 fully saturated rings. The molecule has 0 atom stereocenters. The summed E-state index contributed by atoms with van der Waals surface area (Å²) in [6.45, 7) is 0. The summed E-state index contributed by atoms with van der Waals surface area (Å²) in [5.74, 6) is -0.529. The fraction of sp³-hybridized carbons (Fsp3) is 0.188. The average molecular weight is 386 g/mol. The third-order valence-corrected chi connectivity index (χ3v) is 4.20. The first kappa shape index (κ1) is 19.6. The Morgan fingerprint density at radius 2 is 2.00 bits per heavy atom. The number of halogens is 3. The maximum absolute atomic E-state index is 12.7. The summed E-state index contributed by atoms with van der Waals surface area (Å²) in [6, 6.07) is 8.50. The van der Waals surface area contributed by atoms with Crippen molar-refractivity contribution in [3.05, 3.63) is 58.1 Å². The lowest BCUT2D eigenvalue weighted by Gasteiger charge is -2.09. The van der Waals surface area contributed by atoms with E-state index in [-0.39, 0.29) is 27.8 Å². The van der Waals surface area contributed by atoms with Gasteiger partial charge in [-0.25, -0.2) is 0 Å². The summed E-state index contributed by atoms with van der Waals surface area (Å²) in [6.07, 6.45) is -4.47. The fourth-order valence-corrected chi connectivity index (χ4v) is 2.75. The van der Waals surface area contributed by atoms with Gasteiger partial charge in [0, 0.05) is 4.90 Å². The molecule has 0 aliphatic heterocycles. The first-order valence-electron chi connectivity index (χ1n) is 7.13. The van der Waals surface area contributed by atoms with Crippen LogP contribution in [0.1, 0.15) is 5.56 Å². The molecule has 2 rings (SSSR count). The molecule has 2 aromatic carbocycles. The van der Waals surface area contributed by atoms with E-state index in [1.54, 1.807) is 0 Å². The Morgan fingerprint density at radius 3 is 2.62 bits per heavy atom. The Bertz CT molecular complexity index is 827. The lowest BCUT2D eigenvalue weighted by atomic mass is 10.2. The standard InChI is InChI=1S/C16H13F3N2O4S/c1-25-11-5-6-13(14(8-11)21(23)24)20-15(22)9-26-12-4-2-3-10(7-12)16(17,18)19/h2-8H,9H2,1H3,(H,20,22). The van der Waals surface area contributed by atoms with Crippen molar-refractivity contribution in [1.29, 1.82) is 0 Å². The van der Waals surface area contributed by atoms with Gasteiger partial charge in [-0.3, -0.25) is 14.9 Å². The van der Waals surface area contributed by atoms with Gasteiger partial charge in [0.15, 0.2) is 0 Å². The van der Waals surface area contributed by atoms with Crippen LogP contribution in [0.2, 0.25) is 0 Å². The number of carbonyl (C=O) groups excluding carboxylic acids is 1. The Hall–Kier alpha value is -2.75. The minimum absolute atomic E-state index is 0.0227.